The number of nitrogens with two attached hydrogens (primary N) is 1. The van der Waals surface area contributed by atoms with Gasteiger partial charge in [-0.1, -0.05) is 27.7 Å². The second-order valence-electron chi connectivity index (χ2n) is 11.3. The van der Waals surface area contributed by atoms with Crippen molar-refractivity contribution in [2.75, 3.05) is 40.4 Å². The van der Waals surface area contributed by atoms with Crippen molar-refractivity contribution in [3.63, 3.8) is 0 Å². The highest BCUT2D eigenvalue weighted by molar-refractivity contribution is 5.93. The monoisotopic (exact) mass is 569 g/mol. The molecule has 12 nitrogen and oxygen atoms in total. The Hall–Kier alpha value is -2.73. The summed E-state index contributed by atoms with van der Waals surface area (Å²) in [5, 5.41) is 13.2. The van der Waals surface area contributed by atoms with Crippen molar-refractivity contribution in [1.82, 2.24) is 20.0 Å². The van der Waals surface area contributed by atoms with Crippen LogP contribution >= 0.6 is 0 Å². The van der Waals surface area contributed by atoms with Crippen molar-refractivity contribution < 1.29 is 33.8 Å². The van der Waals surface area contributed by atoms with Gasteiger partial charge in [0.1, 0.15) is 18.1 Å². The second kappa shape index (κ2) is 17.2. The summed E-state index contributed by atoms with van der Waals surface area (Å²) in [5.74, 6) is -1.97. The van der Waals surface area contributed by atoms with E-state index in [1.165, 1.54) is 23.9 Å². The van der Waals surface area contributed by atoms with E-state index < -0.39 is 47.9 Å². The van der Waals surface area contributed by atoms with Gasteiger partial charge in [0.05, 0.1) is 25.7 Å². The molecule has 0 aromatic carbocycles. The third-order valence-electron chi connectivity index (χ3n) is 7.63. The summed E-state index contributed by atoms with van der Waals surface area (Å²) in [6.07, 6.45) is 1.15. The molecule has 0 aromatic rings. The zero-order chi connectivity index (χ0) is 30.6. The smallest absolute Gasteiger partial charge is 0.245 e. The molecule has 1 rings (SSSR count). The number of nitrogens with one attached hydrogen (secondary N) is 1. The quantitative estimate of drug-likeness (QED) is 0.244. The van der Waals surface area contributed by atoms with Crippen LogP contribution in [0.5, 0.6) is 0 Å². The maximum Gasteiger partial charge on any atom is 0.245 e. The predicted molar refractivity (Wildman–Crippen MR) is 151 cm³/mol. The molecule has 1 fully saturated rings. The topological polar surface area (TPSA) is 163 Å². The van der Waals surface area contributed by atoms with Gasteiger partial charge in [-0.2, -0.15) is 0 Å². The van der Waals surface area contributed by atoms with E-state index in [0.29, 0.717) is 52.0 Å². The van der Waals surface area contributed by atoms with Gasteiger partial charge < -0.3 is 35.6 Å². The molecule has 0 aromatic heterocycles. The summed E-state index contributed by atoms with van der Waals surface area (Å²) >= 11 is 0. The molecule has 0 spiro atoms. The molecular formula is C28H51N5O7. The maximum absolute atomic E-state index is 13.2. The largest absolute Gasteiger partial charge is 0.392 e. The predicted octanol–water partition coefficient (Wildman–Crippen LogP) is 0.503. The number of carbonyl (C=O) groups excluding carboxylic acids is 5. The van der Waals surface area contributed by atoms with Crippen molar-refractivity contribution >= 4 is 29.5 Å². The number of rotatable bonds is 16. The van der Waals surface area contributed by atoms with Gasteiger partial charge in [-0.05, 0) is 44.4 Å². The molecule has 40 heavy (non-hydrogen) atoms. The highest BCUT2D eigenvalue weighted by Gasteiger charge is 2.34. The van der Waals surface area contributed by atoms with Crippen LogP contribution in [0.3, 0.4) is 0 Å². The molecule has 1 aliphatic rings. The van der Waals surface area contributed by atoms with Crippen LogP contribution < -0.4 is 11.1 Å². The van der Waals surface area contributed by atoms with Gasteiger partial charge in [-0.3, -0.25) is 24.0 Å². The third kappa shape index (κ3) is 11.0. The van der Waals surface area contributed by atoms with E-state index in [2.05, 4.69) is 5.32 Å². The molecule has 0 bridgehead atoms. The number of hydrogen-bond donors (Lipinski definition) is 3. The van der Waals surface area contributed by atoms with Gasteiger partial charge in [-0.25, -0.2) is 0 Å². The van der Waals surface area contributed by atoms with Crippen LogP contribution in [0.15, 0.2) is 0 Å². The number of aliphatic hydroxyl groups excluding tert-OH is 1. The molecule has 5 amide bonds. The van der Waals surface area contributed by atoms with E-state index in [1.807, 2.05) is 20.8 Å². The number of morpholine rings is 1. The van der Waals surface area contributed by atoms with E-state index in [4.69, 9.17) is 10.5 Å². The highest BCUT2D eigenvalue weighted by atomic mass is 16.5. The minimum atomic E-state index is -0.926. The lowest BCUT2D eigenvalue weighted by molar-refractivity contribution is -0.148. The van der Waals surface area contributed by atoms with Gasteiger partial charge in [0.2, 0.25) is 29.5 Å². The van der Waals surface area contributed by atoms with Gasteiger partial charge in [0, 0.05) is 33.6 Å². The summed E-state index contributed by atoms with van der Waals surface area (Å²) in [6, 6.07) is -2.56. The number of amides is 5. The van der Waals surface area contributed by atoms with Gasteiger partial charge in [0.25, 0.3) is 0 Å². The standard InChI is InChI=1S/C28H51N5O7/c1-8-21(28(39)31(6)20(5)27(38)32(7)22(26(29)37)16-18(2)3)30-24(35)17-23(34)19(4)10-9-11-25(36)33-12-14-40-15-13-33/h18-23,34H,8-17H2,1-7H3,(H2,29,37)(H,30,35)/t19-,20-,21+,22+,23+/m1/s1. The lowest BCUT2D eigenvalue weighted by Crippen LogP contribution is -2.56. The Morgan fingerprint density at radius 3 is 2.12 bits per heavy atom. The fraction of sp³-hybridized carbons (Fsp3) is 0.821. The van der Waals surface area contributed by atoms with Crippen LogP contribution in [-0.2, 0) is 28.7 Å². The second-order valence-corrected chi connectivity index (χ2v) is 11.3. The van der Waals surface area contributed by atoms with Crippen LogP contribution in [0.1, 0.15) is 73.1 Å². The summed E-state index contributed by atoms with van der Waals surface area (Å²) in [6.45, 7) is 11.3. The molecule has 12 heteroatoms. The van der Waals surface area contributed by atoms with E-state index in [0.717, 1.165) is 0 Å². The zero-order valence-corrected chi connectivity index (χ0v) is 25.4. The van der Waals surface area contributed by atoms with Crippen molar-refractivity contribution in [3.05, 3.63) is 0 Å². The Morgan fingerprint density at radius 1 is 1.00 bits per heavy atom. The Morgan fingerprint density at radius 2 is 1.60 bits per heavy atom. The maximum atomic E-state index is 13.2. The minimum absolute atomic E-state index is 0.0696. The fourth-order valence-electron chi connectivity index (χ4n) is 4.68. The molecule has 1 aliphatic heterocycles. The number of ether oxygens (including phenoxy) is 1. The van der Waals surface area contributed by atoms with E-state index >= 15 is 0 Å². The van der Waals surface area contributed by atoms with Crippen molar-refractivity contribution in [2.45, 2.75) is 97.4 Å². The normalized spacial score (nSPS) is 17.4. The number of nitrogens with zero attached hydrogens (tertiary/aromatic N) is 3. The van der Waals surface area contributed by atoms with E-state index in [9.17, 15) is 29.1 Å². The lowest BCUT2D eigenvalue weighted by atomic mass is 9.95. The minimum Gasteiger partial charge on any atom is -0.392 e. The summed E-state index contributed by atoms with van der Waals surface area (Å²) < 4.78 is 5.26. The van der Waals surface area contributed by atoms with E-state index in [-0.39, 0.29) is 30.6 Å². The first-order valence-electron chi connectivity index (χ1n) is 14.4. The highest BCUT2D eigenvalue weighted by Crippen LogP contribution is 2.17. The zero-order valence-electron chi connectivity index (χ0n) is 25.4. The molecule has 0 aliphatic carbocycles. The van der Waals surface area contributed by atoms with Crippen LogP contribution in [0.4, 0.5) is 0 Å². The van der Waals surface area contributed by atoms with E-state index in [1.54, 1.807) is 18.7 Å². The number of primary amides is 1. The van der Waals surface area contributed by atoms with Gasteiger partial charge in [-0.15, -0.1) is 0 Å². The molecule has 0 saturated carbocycles. The molecule has 230 valence electrons. The summed E-state index contributed by atoms with van der Waals surface area (Å²) in [4.78, 5) is 67.4. The molecule has 1 saturated heterocycles. The number of carbonyl (C=O) groups is 5. The molecule has 5 atom stereocenters. The van der Waals surface area contributed by atoms with Crippen molar-refractivity contribution in [3.8, 4) is 0 Å². The Balaban J connectivity index is 2.61. The van der Waals surface area contributed by atoms with Crippen molar-refractivity contribution in [2.24, 2.45) is 17.6 Å². The van der Waals surface area contributed by atoms with Crippen LogP contribution in [-0.4, -0.2) is 114 Å². The lowest BCUT2D eigenvalue weighted by Gasteiger charge is -2.34. The fourth-order valence-corrected chi connectivity index (χ4v) is 4.68. The van der Waals surface area contributed by atoms with Crippen LogP contribution in [0, 0.1) is 11.8 Å². The Kier molecular flexibility index (Phi) is 15.1. The van der Waals surface area contributed by atoms with Gasteiger partial charge >= 0.3 is 0 Å². The summed E-state index contributed by atoms with van der Waals surface area (Å²) in [5.41, 5.74) is 5.51. The summed E-state index contributed by atoms with van der Waals surface area (Å²) in [7, 11) is 2.97. The average molecular weight is 570 g/mol. The number of hydrogen-bond acceptors (Lipinski definition) is 7. The third-order valence-corrected chi connectivity index (χ3v) is 7.63. The number of likely N-dealkylation sites (N-methyl/N-ethyl adjacent to an activating group) is 2. The first-order valence-corrected chi connectivity index (χ1v) is 14.4. The molecule has 1 heterocycles. The first-order chi connectivity index (χ1) is 18.7. The van der Waals surface area contributed by atoms with Gasteiger partial charge in [0.15, 0.2) is 0 Å². The van der Waals surface area contributed by atoms with Crippen LogP contribution in [0.25, 0.3) is 0 Å². The molecule has 0 radical (unpaired) electrons. The van der Waals surface area contributed by atoms with Crippen LogP contribution in [0.2, 0.25) is 0 Å². The Labute approximate surface area is 238 Å². The molecule has 0 unspecified atom stereocenters. The Bertz CT molecular complexity index is 862. The van der Waals surface area contributed by atoms with Crippen molar-refractivity contribution in [1.29, 1.82) is 0 Å². The number of aliphatic hydroxyl groups is 1. The first kappa shape index (κ1) is 35.3. The SMILES string of the molecule is CC[C@H](NC(=O)C[C@H](O)[C@H](C)CCCC(=O)N1CCOCC1)C(=O)N(C)[C@H](C)C(=O)N(C)[C@@H](CC(C)C)C(N)=O. The molecular weight excluding hydrogens is 518 g/mol. The average Bonchev–Trinajstić information content (AvgIpc) is 2.92. The molecule has 4 N–H and O–H groups in total.